The molecule has 17 heavy (non-hydrogen) atoms. The third-order valence-corrected chi connectivity index (χ3v) is 2.22. The van der Waals surface area contributed by atoms with Crippen LogP contribution in [0.3, 0.4) is 0 Å². The molecule has 0 aliphatic carbocycles. The lowest BCUT2D eigenvalue weighted by molar-refractivity contribution is -0.125. The predicted molar refractivity (Wildman–Crippen MR) is 65.7 cm³/mol. The van der Waals surface area contributed by atoms with E-state index in [1.54, 1.807) is 0 Å². The van der Waals surface area contributed by atoms with Crippen molar-refractivity contribution >= 4 is 11.6 Å². The summed E-state index contributed by atoms with van der Waals surface area (Å²) in [5, 5.41) is 5.71. The zero-order chi connectivity index (χ0) is 12.5. The fraction of sp³-hybridized carbons (Fsp3) is 0.417. The first kappa shape index (κ1) is 13.5. The van der Waals surface area contributed by atoms with Crippen molar-refractivity contribution in [2.24, 2.45) is 0 Å². The SMILES string of the molecule is COC(CNC(=O)CNc1ccccc1)OC. The number of nitrogens with one attached hydrogen (secondary N) is 2. The second-order valence-corrected chi connectivity index (χ2v) is 3.42. The fourth-order valence-corrected chi connectivity index (χ4v) is 1.26. The van der Waals surface area contributed by atoms with Gasteiger partial charge in [-0.05, 0) is 12.1 Å². The molecule has 5 nitrogen and oxygen atoms in total. The average molecular weight is 238 g/mol. The van der Waals surface area contributed by atoms with Crippen LogP contribution in [0.25, 0.3) is 0 Å². The number of rotatable bonds is 7. The van der Waals surface area contributed by atoms with Crippen LogP contribution in [0.1, 0.15) is 0 Å². The summed E-state index contributed by atoms with van der Waals surface area (Å²) in [4.78, 5) is 11.5. The van der Waals surface area contributed by atoms with Crippen molar-refractivity contribution in [1.29, 1.82) is 0 Å². The van der Waals surface area contributed by atoms with Crippen LogP contribution < -0.4 is 10.6 Å². The van der Waals surface area contributed by atoms with Gasteiger partial charge in [-0.2, -0.15) is 0 Å². The Hall–Kier alpha value is -1.59. The van der Waals surface area contributed by atoms with Gasteiger partial charge in [0.2, 0.25) is 5.91 Å². The van der Waals surface area contributed by atoms with E-state index in [0.29, 0.717) is 6.54 Å². The highest BCUT2D eigenvalue weighted by Crippen LogP contribution is 2.03. The maximum Gasteiger partial charge on any atom is 0.239 e. The third-order valence-electron chi connectivity index (χ3n) is 2.22. The van der Waals surface area contributed by atoms with Crippen LogP contribution in [0.2, 0.25) is 0 Å². The van der Waals surface area contributed by atoms with Gasteiger partial charge in [0.15, 0.2) is 6.29 Å². The quantitative estimate of drug-likeness (QED) is 0.691. The second kappa shape index (κ2) is 7.65. The highest BCUT2D eigenvalue weighted by Gasteiger charge is 2.07. The van der Waals surface area contributed by atoms with Gasteiger partial charge in [-0.25, -0.2) is 0 Å². The van der Waals surface area contributed by atoms with Gasteiger partial charge < -0.3 is 20.1 Å². The van der Waals surface area contributed by atoms with E-state index in [4.69, 9.17) is 9.47 Å². The first-order valence-corrected chi connectivity index (χ1v) is 5.37. The van der Waals surface area contributed by atoms with E-state index >= 15 is 0 Å². The minimum absolute atomic E-state index is 0.104. The van der Waals surface area contributed by atoms with Crippen molar-refractivity contribution in [1.82, 2.24) is 5.32 Å². The van der Waals surface area contributed by atoms with Gasteiger partial charge in [0.25, 0.3) is 0 Å². The molecule has 5 heteroatoms. The van der Waals surface area contributed by atoms with Crippen molar-refractivity contribution in [2.75, 3.05) is 32.6 Å². The molecule has 0 radical (unpaired) electrons. The monoisotopic (exact) mass is 238 g/mol. The molecule has 0 fully saturated rings. The Bertz CT molecular complexity index is 326. The molecule has 0 bridgehead atoms. The maximum absolute atomic E-state index is 11.5. The molecule has 1 rings (SSSR count). The van der Waals surface area contributed by atoms with Crippen molar-refractivity contribution < 1.29 is 14.3 Å². The molecule has 0 spiro atoms. The lowest BCUT2D eigenvalue weighted by Gasteiger charge is -2.14. The molecule has 0 atom stereocenters. The van der Waals surface area contributed by atoms with Gasteiger partial charge >= 0.3 is 0 Å². The summed E-state index contributed by atoms with van der Waals surface area (Å²) in [7, 11) is 3.06. The molecular weight excluding hydrogens is 220 g/mol. The predicted octanol–water partition coefficient (Wildman–Crippen LogP) is 0.834. The zero-order valence-corrected chi connectivity index (χ0v) is 10.1. The van der Waals surface area contributed by atoms with Crippen molar-refractivity contribution in [3.63, 3.8) is 0 Å². The van der Waals surface area contributed by atoms with Gasteiger partial charge in [0.05, 0.1) is 13.1 Å². The number of ether oxygens (including phenoxy) is 2. The van der Waals surface area contributed by atoms with Crippen molar-refractivity contribution in [3.8, 4) is 0 Å². The van der Waals surface area contributed by atoms with Gasteiger partial charge in [-0.3, -0.25) is 4.79 Å². The van der Waals surface area contributed by atoms with Gasteiger partial charge in [0.1, 0.15) is 0 Å². The number of amides is 1. The maximum atomic E-state index is 11.5. The first-order chi connectivity index (χ1) is 8.26. The van der Waals surface area contributed by atoms with E-state index in [1.165, 1.54) is 14.2 Å². The fourth-order valence-electron chi connectivity index (χ4n) is 1.26. The van der Waals surface area contributed by atoms with E-state index in [-0.39, 0.29) is 12.5 Å². The third kappa shape index (κ3) is 5.33. The minimum atomic E-state index is -0.407. The number of hydrogen-bond donors (Lipinski definition) is 2. The second-order valence-electron chi connectivity index (χ2n) is 3.42. The Labute approximate surface area is 101 Å². The molecule has 0 unspecified atom stereocenters. The van der Waals surface area contributed by atoms with Gasteiger partial charge in [0, 0.05) is 19.9 Å². The number of methoxy groups -OCH3 is 2. The van der Waals surface area contributed by atoms with Gasteiger partial charge in [-0.1, -0.05) is 18.2 Å². The molecule has 94 valence electrons. The van der Waals surface area contributed by atoms with Crippen LogP contribution >= 0.6 is 0 Å². The summed E-state index contributed by atoms with van der Waals surface area (Å²) < 4.78 is 9.91. The number of para-hydroxylation sites is 1. The van der Waals surface area contributed by atoms with E-state index in [9.17, 15) is 4.79 Å². The first-order valence-electron chi connectivity index (χ1n) is 5.37. The summed E-state index contributed by atoms with van der Waals surface area (Å²) in [5.41, 5.74) is 0.915. The smallest absolute Gasteiger partial charge is 0.239 e. The van der Waals surface area contributed by atoms with E-state index in [2.05, 4.69) is 10.6 Å². The number of benzene rings is 1. The highest BCUT2D eigenvalue weighted by atomic mass is 16.7. The highest BCUT2D eigenvalue weighted by molar-refractivity contribution is 5.80. The van der Waals surface area contributed by atoms with E-state index in [1.807, 2.05) is 30.3 Å². The summed E-state index contributed by atoms with van der Waals surface area (Å²) in [5.74, 6) is -0.104. The molecule has 1 amide bonds. The van der Waals surface area contributed by atoms with Crippen molar-refractivity contribution in [3.05, 3.63) is 30.3 Å². The summed E-state index contributed by atoms with van der Waals surface area (Å²) in [6, 6.07) is 9.55. The molecule has 1 aromatic carbocycles. The Morgan fingerprint density at radius 2 is 1.88 bits per heavy atom. The van der Waals surface area contributed by atoms with Crippen LogP contribution in [0.4, 0.5) is 5.69 Å². The number of anilines is 1. The van der Waals surface area contributed by atoms with Crippen LogP contribution in [0.5, 0.6) is 0 Å². The van der Waals surface area contributed by atoms with E-state index < -0.39 is 6.29 Å². The lowest BCUT2D eigenvalue weighted by atomic mass is 10.3. The van der Waals surface area contributed by atoms with Crippen molar-refractivity contribution in [2.45, 2.75) is 6.29 Å². The lowest BCUT2D eigenvalue weighted by Crippen LogP contribution is -2.37. The molecule has 0 saturated heterocycles. The van der Waals surface area contributed by atoms with Gasteiger partial charge in [-0.15, -0.1) is 0 Å². The summed E-state index contributed by atoms with van der Waals surface area (Å²) >= 11 is 0. The molecule has 0 aromatic heterocycles. The molecule has 0 aliphatic heterocycles. The molecule has 0 saturated carbocycles. The summed E-state index contributed by atoms with van der Waals surface area (Å²) in [6.07, 6.45) is -0.407. The Morgan fingerprint density at radius 3 is 2.47 bits per heavy atom. The topological polar surface area (TPSA) is 59.6 Å². The molecule has 0 heterocycles. The molecular formula is C12H18N2O3. The van der Waals surface area contributed by atoms with Crippen LogP contribution in [0, 0.1) is 0 Å². The Kier molecular flexibility index (Phi) is 6.06. The molecule has 2 N–H and O–H groups in total. The standard InChI is InChI=1S/C12H18N2O3/c1-16-12(17-2)9-14-11(15)8-13-10-6-4-3-5-7-10/h3-7,12-13H,8-9H2,1-2H3,(H,14,15). The summed E-state index contributed by atoms with van der Waals surface area (Å²) in [6.45, 7) is 0.562. The molecule has 0 aliphatic rings. The van der Waals surface area contributed by atoms with E-state index in [0.717, 1.165) is 5.69 Å². The van der Waals surface area contributed by atoms with Crippen LogP contribution in [0.15, 0.2) is 30.3 Å². The number of hydrogen-bond acceptors (Lipinski definition) is 4. The average Bonchev–Trinajstić information content (AvgIpc) is 2.39. The Balaban J connectivity index is 2.22. The Morgan fingerprint density at radius 1 is 1.24 bits per heavy atom. The minimum Gasteiger partial charge on any atom is -0.376 e. The number of carbonyl (C=O) groups is 1. The number of carbonyl (C=O) groups excluding carboxylic acids is 1. The van der Waals surface area contributed by atoms with Crippen LogP contribution in [-0.2, 0) is 14.3 Å². The zero-order valence-electron chi connectivity index (χ0n) is 10.1. The normalized spacial score (nSPS) is 10.3. The molecule has 1 aromatic rings. The van der Waals surface area contributed by atoms with Crippen LogP contribution in [-0.4, -0.2) is 39.5 Å². The largest absolute Gasteiger partial charge is 0.376 e.